The summed E-state index contributed by atoms with van der Waals surface area (Å²) in [7, 11) is -3.75. The Hall–Kier alpha value is -1.48. The summed E-state index contributed by atoms with van der Waals surface area (Å²) in [5.41, 5.74) is 3.61. The standard InChI is InChI=1S/C12H15F3N2O3S/c13-12(14,15)10-7-8(1-2-11(10)16)17-21(18,19)9-3-5-20-6-4-9/h1-2,7,9,17H,3-6,16H2. The van der Waals surface area contributed by atoms with E-state index in [9.17, 15) is 21.6 Å². The molecule has 0 bridgehead atoms. The molecule has 0 saturated carbocycles. The van der Waals surface area contributed by atoms with Crippen LogP contribution in [0.3, 0.4) is 0 Å². The van der Waals surface area contributed by atoms with E-state index in [1.807, 2.05) is 0 Å². The molecule has 1 aliphatic rings. The average molecular weight is 324 g/mol. The first-order valence-electron chi connectivity index (χ1n) is 6.26. The Bertz CT molecular complexity index is 611. The molecule has 0 aromatic heterocycles. The van der Waals surface area contributed by atoms with Gasteiger partial charge >= 0.3 is 6.18 Å². The predicted octanol–water partition coefficient (Wildman–Crippen LogP) is 2.21. The second kappa shape index (κ2) is 5.72. The smallest absolute Gasteiger partial charge is 0.398 e. The van der Waals surface area contributed by atoms with E-state index < -0.39 is 32.7 Å². The molecule has 1 aliphatic heterocycles. The van der Waals surface area contributed by atoms with Crippen molar-refractivity contribution in [2.24, 2.45) is 0 Å². The van der Waals surface area contributed by atoms with Crippen LogP contribution in [0.4, 0.5) is 24.5 Å². The van der Waals surface area contributed by atoms with E-state index in [4.69, 9.17) is 10.5 Å². The summed E-state index contributed by atoms with van der Waals surface area (Å²) in [5.74, 6) is 0. The number of hydrogen-bond acceptors (Lipinski definition) is 4. The van der Waals surface area contributed by atoms with Gasteiger partial charge in [0, 0.05) is 24.6 Å². The van der Waals surface area contributed by atoms with Gasteiger partial charge in [0.05, 0.1) is 10.8 Å². The van der Waals surface area contributed by atoms with Crippen LogP contribution in [0.25, 0.3) is 0 Å². The highest BCUT2D eigenvalue weighted by Gasteiger charge is 2.34. The molecule has 0 spiro atoms. The van der Waals surface area contributed by atoms with Crippen LogP contribution in [0.2, 0.25) is 0 Å². The average Bonchev–Trinajstić information content (AvgIpc) is 2.40. The molecule has 3 N–H and O–H groups in total. The number of benzene rings is 1. The maximum Gasteiger partial charge on any atom is 0.418 e. The number of halogens is 3. The molecule has 5 nitrogen and oxygen atoms in total. The van der Waals surface area contributed by atoms with E-state index in [0.717, 1.165) is 6.07 Å². The maximum absolute atomic E-state index is 12.7. The van der Waals surface area contributed by atoms with E-state index in [2.05, 4.69) is 4.72 Å². The molecule has 0 radical (unpaired) electrons. The molecule has 2 rings (SSSR count). The van der Waals surface area contributed by atoms with Gasteiger partial charge in [-0.1, -0.05) is 0 Å². The topological polar surface area (TPSA) is 81.4 Å². The van der Waals surface area contributed by atoms with Gasteiger partial charge < -0.3 is 10.5 Å². The summed E-state index contributed by atoms with van der Waals surface area (Å²) in [6.45, 7) is 0.641. The molecule has 21 heavy (non-hydrogen) atoms. The van der Waals surface area contributed by atoms with Gasteiger partial charge in [-0.05, 0) is 31.0 Å². The first-order valence-corrected chi connectivity index (χ1v) is 7.81. The fraction of sp³-hybridized carbons (Fsp3) is 0.500. The first kappa shape index (κ1) is 15.9. The molecule has 9 heteroatoms. The lowest BCUT2D eigenvalue weighted by Crippen LogP contribution is -2.33. The first-order chi connectivity index (χ1) is 9.70. The third-order valence-electron chi connectivity index (χ3n) is 3.23. The number of rotatable bonds is 3. The lowest BCUT2D eigenvalue weighted by molar-refractivity contribution is -0.136. The zero-order chi connectivity index (χ0) is 15.7. The minimum Gasteiger partial charge on any atom is -0.398 e. The van der Waals surface area contributed by atoms with Gasteiger partial charge in [0.2, 0.25) is 10.0 Å². The third kappa shape index (κ3) is 3.79. The molecule has 1 aromatic carbocycles. The van der Waals surface area contributed by atoms with E-state index in [-0.39, 0.29) is 5.69 Å². The quantitative estimate of drug-likeness (QED) is 0.835. The SMILES string of the molecule is Nc1ccc(NS(=O)(=O)C2CCOCC2)cc1C(F)(F)F. The maximum atomic E-state index is 12.7. The van der Waals surface area contributed by atoms with Crippen molar-refractivity contribution >= 4 is 21.4 Å². The van der Waals surface area contributed by atoms with E-state index in [1.165, 1.54) is 6.07 Å². The lowest BCUT2D eigenvalue weighted by Gasteiger charge is -2.23. The highest BCUT2D eigenvalue weighted by Crippen LogP contribution is 2.35. The summed E-state index contributed by atoms with van der Waals surface area (Å²) in [5, 5.41) is -0.668. The molecule has 1 aromatic rings. The van der Waals surface area contributed by atoms with Gasteiger partial charge in [-0.25, -0.2) is 8.42 Å². The van der Waals surface area contributed by atoms with E-state index >= 15 is 0 Å². The zero-order valence-corrected chi connectivity index (χ0v) is 11.8. The Balaban J connectivity index is 2.23. The van der Waals surface area contributed by atoms with Crippen LogP contribution in [0.15, 0.2) is 18.2 Å². The van der Waals surface area contributed by atoms with Crippen LogP contribution >= 0.6 is 0 Å². The van der Waals surface area contributed by atoms with Crippen LogP contribution < -0.4 is 10.5 Å². The van der Waals surface area contributed by atoms with Crippen LogP contribution in [-0.4, -0.2) is 26.9 Å². The van der Waals surface area contributed by atoms with Gasteiger partial charge in [-0.3, -0.25) is 4.72 Å². The highest BCUT2D eigenvalue weighted by molar-refractivity contribution is 7.93. The Morgan fingerprint density at radius 1 is 1.24 bits per heavy atom. The van der Waals surface area contributed by atoms with Crippen molar-refractivity contribution in [3.05, 3.63) is 23.8 Å². The fourth-order valence-electron chi connectivity index (χ4n) is 2.10. The Labute approximate surface area is 120 Å². The Morgan fingerprint density at radius 2 is 1.86 bits per heavy atom. The summed E-state index contributed by atoms with van der Waals surface area (Å²) < 4.78 is 69.7. The van der Waals surface area contributed by atoms with Gasteiger partial charge in [0.25, 0.3) is 0 Å². The number of sulfonamides is 1. The minimum absolute atomic E-state index is 0.150. The molecule has 118 valence electrons. The van der Waals surface area contributed by atoms with Crippen molar-refractivity contribution in [2.45, 2.75) is 24.3 Å². The van der Waals surface area contributed by atoms with Crippen molar-refractivity contribution in [3.8, 4) is 0 Å². The predicted molar refractivity (Wildman–Crippen MR) is 72.2 cm³/mol. The van der Waals surface area contributed by atoms with E-state index in [0.29, 0.717) is 32.1 Å². The molecular formula is C12H15F3N2O3S. The summed E-state index contributed by atoms with van der Waals surface area (Å²) >= 11 is 0. The van der Waals surface area contributed by atoms with Crippen molar-refractivity contribution in [1.29, 1.82) is 0 Å². The number of ether oxygens (including phenoxy) is 1. The zero-order valence-electron chi connectivity index (χ0n) is 11.0. The molecule has 0 aliphatic carbocycles. The Kier molecular flexibility index (Phi) is 4.33. The summed E-state index contributed by atoms with van der Waals surface area (Å²) in [6, 6.07) is 2.94. The molecule has 0 amide bonds. The number of nitrogens with one attached hydrogen (secondary N) is 1. The van der Waals surface area contributed by atoms with Crippen molar-refractivity contribution < 1.29 is 26.3 Å². The molecule has 1 heterocycles. The van der Waals surface area contributed by atoms with Crippen LogP contribution in [0.5, 0.6) is 0 Å². The second-order valence-electron chi connectivity index (χ2n) is 4.76. The second-order valence-corrected chi connectivity index (χ2v) is 6.72. The van der Waals surface area contributed by atoms with Crippen molar-refractivity contribution in [1.82, 2.24) is 0 Å². The highest BCUT2D eigenvalue weighted by atomic mass is 32.2. The van der Waals surface area contributed by atoms with Crippen molar-refractivity contribution in [3.63, 3.8) is 0 Å². The normalized spacial score (nSPS) is 17.7. The fourth-order valence-corrected chi connectivity index (χ4v) is 3.53. The summed E-state index contributed by atoms with van der Waals surface area (Å²) in [6.07, 6.45) is -4.00. The Morgan fingerprint density at radius 3 is 2.43 bits per heavy atom. The van der Waals surface area contributed by atoms with Gasteiger partial charge in [-0.15, -0.1) is 0 Å². The number of alkyl halides is 3. The molecule has 0 atom stereocenters. The van der Waals surface area contributed by atoms with Gasteiger partial charge in [0.1, 0.15) is 0 Å². The molecular weight excluding hydrogens is 309 g/mol. The number of nitrogens with two attached hydrogens (primary N) is 1. The van der Waals surface area contributed by atoms with Crippen LogP contribution in [-0.2, 0) is 20.9 Å². The molecule has 1 fully saturated rings. The van der Waals surface area contributed by atoms with Gasteiger partial charge in [-0.2, -0.15) is 13.2 Å². The van der Waals surface area contributed by atoms with Crippen LogP contribution in [0, 0.1) is 0 Å². The molecule has 0 unspecified atom stereocenters. The van der Waals surface area contributed by atoms with Gasteiger partial charge in [0.15, 0.2) is 0 Å². The number of anilines is 2. The minimum atomic E-state index is -4.63. The largest absolute Gasteiger partial charge is 0.418 e. The lowest BCUT2D eigenvalue weighted by atomic mass is 10.1. The number of hydrogen-bond donors (Lipinski definition) is 2. The molecule has 1 saturated heterocycles. The van der Waals surface area contributed by atoms with E-state index in [1.54, 1.807) is 0 Å². The van der Waals surface area contributed by atoms with Crippen molar-refractivity contribution in [2.75, 3.05) is 23.7 Å². The monoisotopic (exact) mass is 324 g/mol. The summed E-state index contributed by atoms with van der Waals surface area (Å²) in [4.78, 5) is 0. The number of nitrogen functional groups attached to an aromatic ring is 1. The third-order valence-corrected chi connectivity index (χ3v) is 5.10. The van der Waals surface area contributed by atoms with Crippen LogP contribution in [0.1, 0.15) is 18.4 Å².